The van der Waals surface area contributed by atoms with Gasteiger partial charge < -0.3 is 14.8 Å². The lowest BCUT2D eigenvalue weighted by molar-refractivity contribution is 0.279. The molecule has 0 unspecified atom stereocenters. The number of nitrogens with one attached hydrogen (secondary N) is 1. The zero-order valence-corrected chi connectivity index (χ0v) is 13.5. The van der Waals surface area contributed by atoms with Crippen molar-refractivity contribution in [1.82, 2.24) is 5.32 Å². The van der Waals surface area contributed by atoms with Crippen LogP contribution in [0.25, 0.3) is 0 Å². The van der Waals surface area contributed by atoms with Crippen LogP contribution < -0.4 is 14.8 Å². The Labute approximate surface area is 129 Å². The van der Waals surface area contributed by atoms with Crippen LogP contribution in [0.2, 0.25) is 0 Å². The quantitative estimate of drug-likeness (QED) is 0.543. The van der Waals surface area contributed by atoms with E-state index in [1.165, 1.54) is 18.4 Å². The standard InChI is InChI=1S/C16H22BrNO2/c1-3-5-8-20-16-14(17)9-12(10-15(16)19-4-2)11-18-13-6-7-13/h3,9-10,13,18H,1,4-8,11H2,2H3. The molecular formula is C16H22BrNO2. The first-order valence-electron chi connectivity index (χ1n) is 7.17. The topological polar surface area (TPSA) is 30.5 Å². The highest BCUT2D eigenvalue weighted by atomic mass is 79.9. The molecule has 2 rings (SSSR count). The van der Waals surface area contributed by atoms with Crippen molar-refractivity contribution in [3.05, 3.63) is 34.8 Å². The van der Waals surface area contributed by atoms with E-state index in [1.54, 1.807) is 0 Å². The highest BCUT2D eigenvalue weighted by Gasteiger charge is 2.20. The third-order valence-corrected chi connectivity index (χ3v) is 3.70. The summed E-state index contributed by atoms with van der Waals surface area (Å²) in [6.45, 7) is 7.80. The van der Waals surface area contributed by atoms with Crippen LogP contribution in [0.1, 0.15) is 31.7 Å². The summed E-state index contributed by atoms with van der Waals surface area (Å²) >= 11 is 3.58. The molecule has 1 aromatic carbocycles. The number of halogens is 1. The molecular weight excluding hydrogens is 318 g/mol. The minimum atomic E-state index is 0.613. The van der Waals surface area contributed by atoms with E-state index in [2.05, 4.69) is 40.0 Å². The number of benzene rings is 1. The lowest BCUT2D eigenvalue weighted by atomic mass is 10.2. The summed E-state index contributed by atoms with van der Waals surface area (Å²) in [5.41, 5.74) is 1.21. The summed E-state index contributed by atoms with van der Waals surface area (Å²) in [6, 6.07) is 4.86. The Morgan fingerprint density at radius 2 is 2.20 bits per heavy atom. The second-order valence-corrected chi connectivity index (χ2v) is 5.77. The SMILES string of the molecule is C=CCCOc1c(Br)cc(CNC2CC2)cc1OCC. The summed E-state index contributed by atoms with van der Waals surface area (Å²) in [5, 5.41) is 3.51. The number of hydrogen-bond acceptors (Lipinski definition) is 3. The molecule has 0 amide bonds. The monoisotopic (exact) mass is 339 g/mol. The predicted octanol–water partition coefficient (Wildman–Crippen LogP) is 4.05. The second kappa shape index (κ2) is 7.70. The van der Waals surface area contributed by atoms with E-state index < -0.39 is 0 Å². The average molecular weight is 340 g/mol. The molecule has 0 aromatic heterocycles. The van der Waals surface area contributed by atoms with E-state index in [0.717, 1.165) is 28.9 Å². The summed E-state index contributed by atoms with van der Waals surface area (Å²) < 4.78 is 12.4. The van der Waals surface area contributed by atoms with Crippen molar-refractivity contribution in [2.45, 2.75) is 38.8 Å². The van der Waals surface area contributed by atoms with Crippen LogP contribution in [0.3, 0.4) is 0 Å². The van der Waals surface area contributed by atoms with Gasteiger partial charge in [-0.3, -0.25) is 0 Å². The number of ether oxygens (including phenoxy) is 2. The van der Waals surface area contributed by atoms with Gasteiger partial charge in [0.2, 0.25) is 0 Å². The molecule has 1 N–H and O–H groups in total. The third-order valence-electron chi connectivity index (χ3n) is 3.11. The highest BCUT2D eigenvalue weighted by molar-refractivity contribution is 9.10. The van der Waals surface area contributed by atoms with Crippen molar-refractivity contribution in [3.8, 4) is 11.5 Å². The first kappa shape index (κ1) is 15.4. The first-order valence-corrected chi connectivity index (χ1v) is 7.96. The van der Waals surface area contributed by atoms with Crippen molar-refractivity contribution in [2.24, 2.45) is 0 Å². The van der Waals surface area contributed by atoms with E-state index >= 15 is 0 Å². The van der Waals surface area contributed by atoms with E-state index in [-0.39, 0.29) is 0 Å². The second-order valence-electron chi connectivity index (χ2n) is 4.92. The molecule has 0 atom stereocenters. The summed E-state index contributed by atoms with van der Waals surface area (Å²) in [5.74, 6) is 1.59. The van der Waals surface area contributed by atoms with Crippen molar-refractivity contribution in [2.75, 3.05) is 13.2 Å². The molecule has 0 saturated heterocycles. The highest BCUT2D eigenvalue weighted by Crippen LogP contribution is 2.37. The predicted molar refractivity (Wildman–Crippen MR) is 85.5 cm³/mol. The van der Waals surface area contributed by atoms with Gasteiger partial charge in [0.25, 0.3) is 0 Å². The fourth-order valence-electron chi connectivity index (χ4n) is 1.92. The molecule has 1 saturated carbocycles. The maximum absolute atomic E-state index is 5.79. The molecule has 0 heterocycles. The molecule has 1 aliphatic rings. The van der Waals surface area contributed by atoms with E-state index in [0.29, 0.717) is 19.3 Å². The molecule has 3 nitrogen and oxygen atoms in total. The van der Waals surface area contributed by atoms with Gasteiger partial charge in [-0.15, -0.1) is 6.58 Å². The first-order chi connectivity index (χ1) is 9.74. The molecule has 1 aromatic rings. The lowest BCUT2D eigenvalue weighted by Crippen LogP contribution is -2.15. The summed E-state index contributed by atoms with van der Waals surface area (Å²) in [6.07, 6.45) is 5.26. The van der Waals surface area contributed by atoms with Gasteiger partial charge in [0.15, 0.2) is 11.5 Å². The largest absolute Gasteiger partial charge is 0.490 e. The van der Waals surface area contributed by atoms with Gasteiger partial charge in [-0.25, -0.2) is 0 Å². The molecule has 4 heteroatoms. The Morgan fingerprint density at radius 3 is 2.85 bits per heavy atom. The van der Waals surface area contributed by atoms with Crippen molar-refractivity contribution in [1.29, 1.82) is 0 Å². The van der Waals surface area contributed by atoms with E-state index in [4.69, 9.17) is 9.47 Å². The molecule has 0 bridgehead atoms. The van der Waals surface area contributed by atoms with Crippen LogP contribution in [0, 0.1) is 0 Å². The minimum absolute atomic E-state index is 0.613. The molecule has 0 radical (unpaired) electrons. The fraction of sp³-hybridized carbons (Fsp3) is 0.500. The van der Waals surface area contributed by atoms with Crippen molar-refractivity contribution in [3.63, 3.8) is 0 Å². The number of rotatable bonds is 9. The molecule has 20 heavy (non-hydrogen) atoms. The van der Waals surface area contributed by atoms with Gasteiger partial charge >= 0.3 is 0 Å². The van der Waals surface area contributed by atoms with Gasteiger partial charge in [0, 0.05) is 12.6 Å². The van der Waals surface area contributed by atoms with Crippen LogP contribution in [0.5, 0.6) is 11.5 Å². The van der Waals surface area contributed by atoms with Crippen LogP contribution in [0.15, 0.2) is 29.3 Å². The van der Waals surface area contributed by atoms with Gasteiger partial charge in [0.05, 0.1) is 17.7 Å². The fourth-order valence-corrected chi connectivity index (χ4v) is 2.52. The zero-order chi connectivity index (χ0) is 14.4. The summed E-state index contributed by atoms with van der Waals surface area (Å²) in [4.78, 5) is 0. The molecule has 1 aliphatic carbocycles. The normalized spacial score (nSPS) is 14.1. The minimum Gasteiger partial charge on any atom is -0.490 e. The Kier molecular flexibility index (Phi) is 5.92. The van der Waals surface area contributed by atoms with E-state index in [9.17, 15) is 0 Å². The average Bonchev–Trinajstić information content (AvgIpc) is 3.24. The van der Waals surface area contributed by atoms with Crippen LogP contribution in [0.4, 0.5) is 0 Å². The van der Waals surface area contributed by atoms with Crippen LogP contribution in [-0.2, 0) is 6.54 Å². The lowest BCUT2D eigenvalue weighted by Gasteiger charge is -2.15. The smallest absolute Gasteiger partial charge is 0.175 e. The van der Waals surface area contributed by atoms with Gasteiger partial charge in [-0.2, -0.15) is 0 Å². The Morgan fingerprint density at radius 1 is 1.40 bits per heavy atom. The zero-order valence-electron chi connectivity index (χ0n) is 12.0. The van der Waals surface area contributed by atoms with Crippen molar-refractivity contribution >= 4 is 15.9 Å². The number of hydrogen-bond donors (Lipinski definition) is 1. The maximum atomic E-state index is 5.79. The molecule has 1 fully saturated rings. The van der Waals surface area contributed by atoms with Crippen LogP contribution >= 0.6 is 15.9 Å². The van der Waals surface area contributed by atoms with Gasteiger partial charge in [-0.1, -0.05) is 6.08 Å². The van der Waals surface area contributed by atoms with Crippen molar-refractivity contribution < 1.29 is 9.47 Å². The third kappa shape index (κ3) is 4.53. The van der Waals surface area contributed by atoms with Crippen LogP contribution in [-0.4, -0.2) is 19.3 Å². The Hall–Kier alpha value is -1.00. The molecule has 0 aliphatic heterocycles. The maximum Gasteiger partial charge on any atom is 0.175 e. The molecule has 110 valence electrons. The van der Waals surface area contributed by atoms with Gasteiger partial charge in [0.1, 0.15) is 0 Å². The Bertz CT molecular complexity index is 458. The Balaban J connectivity index is 2.09. The summed E-state index contributed by atoms with van der Waals surface area (Å²) in [7, 11) is 0. The molecule has 0 spiro atoms. The van der Waals surface area contributed by atoms with Gasteiger partial charge in [-0.05, 0) is 59.8 Å². The van der Waals surface area contributed by atoms with E-state index in [1.807, 2.05) is 13.0 Å².